The van der Waals surface area contributed by atoms with E-state index in [0.29, 0.717) is 5.82 Å². The van der Waals surface area contributed by atoms with Crippen LogP contribution in [0.15, 0.2) is 18.2 Å². The molecule has 1 rings (SSSR count). The third-order valence-corrected chi connectivity index (χ3v) is 2.07. The van der Waals surface area contributed by atoms with Gasteiger partial charge >= 0.3 is 0 Å². The van der Waals surface area contributed by atoms with Gasteiger partial charge in [0.1, 0.15) is 11.6 Å². The van der Waals surface area contributed by atoms with E-state index in [1.54, 1.807) is 0 Å². The maximum absolute atomic E-state index is 5.65. The van der Waals surface area contributed by atoms with Gasteiger partial charge in [0.15, 0.2) is 0 Å². The number of hydrogen-bond donors (Lipinski definition) is 1. The monoisotopic (exact) mass is 193 g/mol. The molecule has 0 unspecified atom stereocenters. The fourth-order valence-electron chi connectivity index (χ4n) is 1.50. The lowest BCUT2D eigenvalue weighted by Gasteiger charge is -2.22. The van der Waals surface area contributed by atoms with Crippen molar-refractivity contribution < 1.29 is 0 Å². The number of anilines is 2. The lowest BCUT2D eigenvalue weighted by atomic mass is 10.3. The zero-order valence-corrected chi connectivity index (χ0v) is 9.03. The van der Waals surface area contributed by atoms with E-state index < -0.39 is 0 Å². The molecule has 0 fully saturated rings. The largest absolute Gasteiger partial charge is 0.384 e. The van der Waals surface area contributed by atoms with E-state index in [9.17, 15) is 0 Å². The van der Waals surface area contributed by atoms with Crippen molar-refractivity contribution in [1.82, 2.24) is 4.98 Å². The summed E-state index contributed by atoms with van der Waals surface area (Å²) in [5.74, 6) is 1.59. The Kier molecular flexibility index (Phi) is 4.23. The third-order valence-electron chi connectivity index (χ3n) is 2.07. The lowest BCUT2D eigenvalue weighted by molar-refractivity contribution is 0.735. The number of nitrogen functional groups attached to an aromatic ring is 1. The van der Waals surface area contributed by atoms with E-state index in [1.165, 1.54) is 0 Å². The summed E-state index contributed by atoms with van der Waals surface area (Å²) in [4.78, 5) is 6.59. The van der Waals surface area contributed by atoms with E-state index >= 15 is 0 Å². The predicted octanol–water partition coefficient (Wildman–Crippen LogP) is 2.29. The molecule has 1 aromatic rings. The number of nitrogens with two attached hydrogens (primary N) is 1. The van der Waals surface area contributed by atoms with Gasteiger partial charge in [-0.3, -0.25) is 0 Å². The highest BCUT2D eigenvalue weighted by Gasteiger charge is 2.04. The summed E-state index contributed by atoms with van der Waals surface area (Å²) in [6.45, 7) is 6.44. The molecule has 14 heavy (non-hydrogen) atoms. The molecule has 0 saturated heterocycles. The average Bonchev–Trinajstić information content (AvgIpc) is 2.17. The normalized spacial score (nSPS) is 10.1. The summed E-state index contributed by atoms with van der Waals surface area (Å²) < 4.78 is 0. The molecular weight excluding hydrogens is 174 g/mol. The van der Waals surface area contributed by atoms with Crippen LogP contribution in [-0.2, 0) is 0 Å². The molecule has 0 amide bonds. The van der Waals surface area contributed by atoms with Crippen LogP contribution in [0.25, 0.3) is 0 Å². The molecule has 1 aromatic heterocycles. The van der Waals surface area contributed by atoms with Gasteiger partial charge in [0.25, 0.3) is 0 Å². The van der Waals surface area contributed by atoms with Crippen molar-refractivity contribution in [3.8, 4) is 0 Å². The van der Waals surface area contributed by atoms with Gasteiger partial charge in [-0.05, 0) is 25.0 Å². The first-order valence-corrected chi connectivity index (χ1v) is 5.25. The van der Waals surface area contributed by atoms with E-state index in [2.05, 4.69) is 23.7 Å². The minimum atomic E-state index is 0.597. The van der Waals surface area contributed by atoms with Crippen molar-refractivity contribution in [2.75, 3.05) is 23.7 Å². The lowest BCUT2D eigenvalue weighted by Crippen LogP contribution is -2.25. The molecule has 2 N–H and O–H groups in total. The highest BCUT2D eigenvalue weighted by molar-refractivity contribution is 5.44. The Morgan fingerprint density at radius 1 is 1.21 bits per heavy atom. The van der Waals surface area contributed by atoms with Crippen molar-refractivity contribution in [3.05, 3.63) is 18.2 Å². The summed E-state index contributed by atoms with van der Waals surface area (Å²) >= 11 is 0. The maximum atomic E-state index is 5.65. The average molecular weight is 193 g/mol. The molecule has 1 heterocycles. The standard InChI is InChI=1S/C11H19N3/c1-3-8-14(9-4-2)11-7-5-6-10(12)13-11/h5-7H,3-4,8-9H2,1-2H3,(H2,12,13). The summed E-state index contributed by atoms with van der Waals surface area (Å²) in [6.07, 6.45) is 2.27. The molecule has 3 heteroatoms. The first kappa shape index (κ1) is 10.8. The first-order valence-electron chi connectivity index (χ1n) is 5.25. The van der Waals surface area contributed by atoms with Crippen molar-refractivity contribution in [2.24, 2.45) is 0 Å². The van der Waals surface area contributed by atoms with Crippen molar-refractivity contribution in [2.45, 2.75) is 26.7 Å². The van der Waals surface area contributed by atoms with Gasteiger partial charge in [-0.25, -0.2) is 4.98 Å². The Labute approximate surface area is 85.9 Å². The molecule has 3 nitrogen and oxygen atoms in total. The zero-order chi connectivity index (χ0) is 10.4. The maximum Gasteiger partial charge on any atom is 0.130 e. The Bertz CT molecular complexity index is 267. The zero-order valence-electron chi connectivity index (χ0n) is 9.03. The van der Waals surface area contributed by atoms with Gasteiger partial charge < -0.3 is 10.6 Å². The van der Waals surface area contributed by atoms with Gasteiger partial charge in [-0.15, -0.1) is 0 Å². The topological polar surface area (TPSA) is 42.1 Å². The molecule has 0 bridgehead atoms. The van der Waals surface area contributed by atoms with Crippen LogP contribution in [0.4, 0.5) is 11.6 Å². The molecule has 78 valence electrons. The van der Waals surface area contributed by atoms with Gasteiger partial charge in [-0.1, -0.05) is 19.9 Å². The SMILES string of the molecule is CCCN(CCC)c1cccc(N)n1. The predicted molar refractivity (Wildman–Crippen MR) is 61.4 cm³/mol. The number of pyridine rings is 1. The second-order valence-electron chi connectivity index (χ2n) is 3.41. The van der Waals surface area contributed by atoms with Crippen LogP contribution in [0.1, 0.15) is 26.7 Å². The first-order chi connectivity index (χ1) is 6.77. The fourth-order valence-corrected chi connectivity index (χ4v) is 1.50. The summed E-state index contributed by atoms with van der Waals surface area (Å²) in [5, 5.41) is 0. The Morgan fingerprint density at radius 3 is 2.36 bits per heavy atom. The van der Waals surface area contributed by atoms with Crippen molar-refractivity contribution in [1.29, 1.82) is 0 Å². The van der Waals surface area contributed by atoms with Crippen molar-refractivity contribution >= 4 is 11.6 Å². The van der Waals surface area contributed by atoms with Gasteiger partial charge in [0, 0.05) is 13.1 Å². The van der Waals surface area contributed by atoms with Crippen LogP contribution in [-0.4, -0.2) is 18.1 Å². The molecule has 0 aromatic carbocycles. The van der Waals surface area contributed by atoms with E-state index in [-0.39, 0.29) is 0 Å². The highest BCUT2D eigenvalue weighted by Crippen LogP contribution is 2.13. The third kappa shape index (κ3) is 2.91. The molecule has 0 aliphatic heterocycles. The summed E-state index contributed by atoms with van der Waals surface area (Å²) in [7, 11) is 0. The van der Waals surface area contributed by atoms with E-state index in [0.717, 1.165) is 31.7 Å². The fraction of sp³-hybridized carbons (Fsp3) is 0.545. The number of aromatic nitrogens is 1. The molecule has 0 saturated carbocycles. The van der Waals surface area contributed by atoms with Crippen molar-refractivity contribution in [3.63, 3.8) is 0 Å². The molecule has 0 atom stereocenters. The van der Waals surface area contributed by atoms with Crippen LogP contribution >= 0.6 is 0 Å². The quantitative estimate of drug-likeness (QED) is 0.780. The van der Waals surface area contributed by atoms with Crippen LogP contribution < -0.4 is 10.6 Å². The summed E-state index contributed by atoms with van der Waals surface area (Å²) in [5.41, 5.74) is 5.65. The second kappa shape index (κ2) is 5.47. The minimum Gasteiger partial charge on any atom is -0.384 e. The van der Waals surface area contributed by atoms with E-state index in [1.807, 2.05) is 18.2 Å². The molecule has 0 aliphatic carbocycles. The Morgan fingerprint density at radius 2 is 1.86 bits per heavy atom. The van der Waals surface area contributed by atoms with Gasteiger partial charge in [0.05, 0.1) is 0 Å². The molecule has 0 spiro atoms. The summed E-state index contributed by atoms with van der Waals surface area (Å²) in [6, 6.07) is 5.79. The second-order valence-corrected chi connectivity index (χ2v) is 3.41. The Balaban J connectivity index is 2.75. The number of nitrogens with zero attached hydrogens (tertiary/aromatic N) is 2. The molecule has 0 radical (unpaired) electrons. The van der Waals surface area contributed by atoms with Crippen LogP contribution in [0.3, 0.4) is 0 Å². The minimum absolute atomic E-state index is 0.597. The van der Waals surface area contributed by atoms with Crippen LogP contribution in [0.2, 0.25) is 0 Å². The molecule has 0 aliphatic rings. The Hall–Kier alpha value is -1.25. The van der Waals surface area contributed by atoms with E-state index in [4.69, 9.17) is 5.73 Å². The number of rotatable bonds is 5. The van der Waals surface area contributed by atoms with Gasteiger partial charge in [-0.2, -0.15) is 0 Å². The smallest absolute Gasteiger partial charge is 0.130 e. The van der Waals surface area contributed by atoms with Gasteiger partial charge in [0.2, 0.25) is 0 Å². The number of hydrogen-bond acceptors (Lipinski definition) is 3. The van der Waals surface area contributed by atoms with Crippen LogP contribution in [0, 0.1) is 0 Å². The van der Waals surface area contributed by atoms with Crippen LogP contribution in [0.5, 0.6) is 0 Å². The molecular formula is C11H19N3. The highest BCUT2D eigenvalue weighted by atomic mass is 15.2.